The van der Waals surface area contributed by atoms with E-state index in [1.165, 1.54) is 23.0 Å². The van der Waals surface area contributed by atoms with E-state index in [0.29, 0.717) is 5.02 Å². The highest BCUT2D eigenvalue weighted by Crippen LogP contribution is 2.17. The number of methoxy groups -OCH3 is 1. The zero-order chi connectivity index (χ0) is 20.9. The van der Waals surface area contributed by atoms with Crippen molar-refractivity contribution in [2.75, 3.05) is 26.7 Å². The molecule has 1 aromatic rings. The van der Waals surface area contributed by atoms with Gasteiger partial charge in [0.1, 0.15) is 11.6 Å². The number of carbonyl (C=O) groups is 3. The number of nitrogens with zero attached hydrogens (tertiary/aromatic N) is 2. The Morgan fingerprint density at radius 1 is 1.21 bits per heavy atom. The predicted octanol–water partition coefficient (Wildman–Crippen LogP) is 2.97. The third-order valence-corrected chi connectivity index (χ3v) is 4.29. The van der Waals surface area contributed by atoms with Gasteiger partial charge in [-0.3, -0.25) is 4.79 Å². The van der Waals surface area contributed by atoms with Crippen LogP contribution in [-0.2, 0) is 19.1 Å². The van der Waals surface area contributed by atoms with Gasteiger partial charge in [0.2, 0.25) is 5.91 Å². The van der Waals surface area contributed by atoms with Crippen LogP contribution in [0, 0.1) is 0 Å². The van der Waals surface area contributed by atoms with E-state index in [1.807, 2.05) is 6.07 Å². The van der Waals surface area contributed by atoms with Crippen LogP contribution in [0.25, 0.3) is 6.08 Å². The number of esters is 1. The summed E-state index contributed by atoms with van der Waals surface area (Å²) >= 11 is 5.94. The third kappa shape index (κ3) is 5.99. The molecule has 1 heterocycles. The molecule has 0 saturated carbocycles. The van der Waals surface area contributed by atoms with Crippen LogP contribution in [0.1, 0.15) is 26.3 Å². The van der Waals surface area contributed by atoms with Crippen molar-refractivity contribution in [2.45, 2.75) is 32.4 Å². The van der Waals surface area contributed by atoms with E-state index in [4.69, 9.17) is 21.1 Å². The van der Waals surface area contributed by atoms with E-state index in [1.54, 1.807) is 45.0 Å². The lowest BCUT2D eigenvalue weighted by molar-refractivity contribution is -0.154. The summed E-state index contributed by atoms with van der Waals surface area (Å²) in [4.78, 5) is 40.0. The van der Waals surface area contributed by atoms with Gasteiger partial charge in [-0.2, -0.15) is 0 Å². The van der Waals surface area contributed by atoms with Gasteiger partial charge in [0, 0.05) is 24.2 Å². The quantitative estimate of drug-likeness (QED) is 0.567. The second kappa shape index (κ2) is 9.10. The molecule has 2 amide bonds. The molecular weight excluding hydrogens is 384 g/mol. The molecule has 0 N–H and O–H groups in total. The highest BCUT2D eigenvalue weighted by Gasteiger charge is 2.38. The van der Waals surface area contributed by atoms with Crippen molar-refractivity contribution in [1.29, 1.82) is 0 Å². The first kappa shape index (κ1) is 21.8. The number of benzene rings is 1. The lowest BCUT2D eigenvalue weighted by Gasteiger charge is -2.39. The van der Waals surface area contributed by atoms with E-state index in [9.17, 15) is 14.4 Å². The van der Waals surface area contributed by atoms with Crippen LogP contribution in [0.4, 0.5) is 4.79 Å². The summed E-state index contributed by atoms with van der Waals surface area (Å²) in [6.07, 6.45) is 2.48. The number of rotatable bonds is 3. The van der Waals surface area contributed by atoms with Crippen molar-refractivity contribution in [3.8, 4) is 0 Å². The second-order valence-corrected chi connectivity index (χ2v) is 7.82. The van der Waals surface area contributed by atoms with Crippen LogP contribution < -0.4 is 0 Å². The van der Waals surface area contributed by atoms with Gasteiger partial charge < -0.3 is 19.3 Å². The molecule has 152 valence electrons. The fourth-order valence-corrected chi connectivity index (χ4v) is 2.95. The molecular formula is C20H25ClN2O5. The van der Waals surface area contributed by atoms with Crippen molar-refractivity contribution >= 4 is 35.6 Å². The van der Waals surface area contributed by atoms with Gasteiger partial charge in [-0.25, -0.2) is 9.59 Å². The number of amides is 2. The van der Waals surface area contributed by atoms with Gasteiger partial charge in [-0.05, 0) is 44.5 Å². The fraction of sp³-hybridized carbons (Fsp3) is 0.450. The molecule has 0 aliphatic carbocycles. The fourth-order valence-electron chi connectivity index (χ4n) is 2.75. The Bertz CT molecular complexity index is 772. The minimum Gasteiger partial charge on any atom is -0.467 e. The molecule has 1 unspecified atom stereocenters. The Kier molecular flexibility index (Phi) is 7.07. The maximum absolute atomic E-state index is 12.7. The van der Waals surface area contributed by atoms with Gasteiger partial charge in [0.15, 0.2) is 0 Å². The van der Waals surface area contributed by atoms with Crippen molar-refractivity contribution in [1.82, 2.24) is 9.80 Å². The van der Waals surface area contributed by atoms with Crippen LogP contribution in [0.3, 0.4) is 0 Å². The van der Waals surface area contributed by atoms with Crippen molar-refractivity contribution < 1.29 is 23.9 Å². The molecule has 0 radical (unpaired) electrons. The average Bonchev–Trinajstić information content (AvgIpc) is 2.63. The Morgan fingerprint density at radius 3 is 2.54 bits per heavy atom. The average molecular weight is 409 g/mol. The molecule has 1 aliphatic heterocycles. The van der Waals surface area contributed by atoms with Crippen LogP contribution >= 0.6 is 11.6 Å². The van der Waals surface area contributed by atoms with Crippen molar-refractivity contribution in [2.24, 2.45) is 0 Å². The second-order valence-electron chi connectivity index (χ2n) is 7.39. The molecule has 0 aromatic heterocycles. The molecule has 28 heavy (non-hydrogen) atoms. The predicted molar refractivity (Wildman–Crippen MR) is 106 cm³/mol. The molecule has 1 aromatic carbocycles. The summed E-state index contributed by atoms with van der Waals surface area (Å²) in [6, 6.07) is 6.16. The van der Waals surface area contributed by atoms with Crippen molar-refractivity contribution in [3.05, 3.63) is 40.9 Å². The van der Waals surface area contributed by atoms with E-state index in [-0.39, 0.29) is 25.5 Å². The van der Waals surface area contributed by atoms with Crippen LogP contribution in [0.2, 0.25) is 5.02 Å². The first-order valence-electron chi connectivity index (χ1n) is 8.91. The number of carbonyl (C=O) groups excluding carboxylic acids is 3. The minimum atomic E-state index is -0.900. The molecule has 1 aliphatic rings. The van der Waals surface area contributed by atoms with Gasteiger partial charge in [0.05, 0.1) is 13.7 Å². The number of halogens is 1. The van der Waals surface area contributed by atoms with Crippen LogP contribution in [-0.4, -0.2) is 66.2 Å². The SMILES string of the molecule is COC(=O)C1CN(C(=O)OC(C)(C)C)CCN1C(=O)C=Cc1cccc(Cl)c1. The van der Waals surface area contributed by atoms with E-state index < -0.39 is 23.7 Å². The monoisotopic (exact) mass is 408 g/mol. The molecule has 0 bridgehead atoms. The zero-order valence-corrected chi connectivity index (χ0v) is 17.2. The molecule has 7 nitrogen and oxygen atoms in total. The Balaban J connectivity index is 2.12. The summed E-state index contributed by atoms with van der Waals surface area (Å²) in [7, 11) is 1.25. The Hall–Kier alpha value is -2.54. The Labute approximate surface area is 169 Å². The number of hydrogen-bond donors (Lipinski definition) is 0. The first-order valence-corrected chi connectivity index (χ1v) is 9.28. The lowest BCUT2D eigenvalue weighted by Crippen LogP contribution is -2.59. The molecule has 2 rings (SSSR count). The number of ether oxygens (including phenoxy) is 2. The molecule has 1 atom stereocenters. The van der Waals surface area contributed by atoms with E-state index in [2.05, 4.69) is 0 Å². The van der Waals surface area contributed by atoms with Crippen molar-refractivity contribution in [3.63, 3.8) is 0 Å². The minimum absolute atomic E-state index is 0.0122. The summed E-state index contributed by atoms with van der Waals surface area (Å²) in [6.45, 7) is 5.77. The van der Waals surface area contributed by atoms with Crippen LogP contribution in [0.5, 0.6) is 0 Å². The molecule has 1 fully saturated rings. The third-order valence-electron chi connectivity index (χ3n) is 4.06. The highest BCUT2D eigenvalue weighted by atomic mass is 35.5. The highest BCUT2D eigenvalue weighted by molar-refractivity contribution is 6.30. The largest absolute Gasteiger partial charge is 0.467 e. The summed E-state index contributed by atoms with van der Waals surface area (Å²) in [5, 5.41) is 0.563. The Morgan fingerprint density at radius 2 is 1.93 bits per heavy atom. The molecule has 1 saturated heterocycles. The lowest BCUT2D eigenvalue weighted by atomic mass is 10.1. The summed E-state index contributed by atoms with van der Waals surface area (Å²) < 4.78 is 10.2. The smallest absolute Gasteiger partial charge is 0.410 e. The van der Waals surface area contributed by atoms with Gasteiger partial charge in [-0.1, -0.05) is 23.7 Å². The maximum Gasteiger partial charge on any atom is 0.410 e. The topological polar surface area (TPSA) is 76.2 Å². The van der Waals surface area contributed by atoms with Gasteiger partial charge in [-0.15, -0.1) is 0 Å². The molecule has 8 heteroatoms. The van der Waals surface area contributed by atoms with Gasteiger partial charge in [0.25, 0.3) is 0 Å². The van der Waals surface area contributed by atoms with E-state index >= 15 is 0 Å². The summed E-state index contributed by atoms with van der Waals surface area (Å²) in [5.74, 6) is -0.933. The first-order chi connectivity index (χ1) is 13.1. The standard InChI is InChI=1S/C20H25ClN2O5/c1-20(2,3)28-19(26)22-10-11-23(16(13-22)18(25)27-4)17(24)9-8-14-6-5-7-15(21)12-14/h5-9,12,16H,10-11,13H2,1-4H3. The zero-order valence-electron chi connectivity index (χ0n) is 16.5. The van der Waals surface area contributed by atoms with Crippen LogP contribution in [0.15, 0.2) is 30.3 Å². The van der Waals surface area contributed by atoms with Gasteiger partial charge >= 0.3 is 12.1 Å². The maximum atomic E-state index is 12.7. The summed E-state index contributed by atoms with van der Waals surface area (Å²) in [5.41, 5.74) is 0.118. The number of hydrogen-bond acceptors (Lipinski definition) is 5. The normalized spacial score (nSPS) is 17.5. The van der Waals surface area contributed by atoms with E-state index in [0.717, 1.165) is 5.56 Å². The number of piperazine rings is 1. The molecule has 0 spiro atoms.